The lowest BCUT2D eigenvalue weighted by Crippen LogP contribution is -2.46. The van der Waals surface area contributed by atoms with E-state index in [0.29, 0.717) is 11.1 Å². The molecule has 0 N–H and O–H groups in total. The van der Waals surface area contributed by atoms with Crippen molar-refractivity contribution in [2.75, 3.05) is 4.90 Å². The predicted molar refractivity (Wildman–Crippen MR) is 109 cm³/mol. The quantitative estimate of drug-likeness (QED) is 0.571. The van der Waals surface area contributed by atoms with Crippen molar-refractivity contribution in [3.63, 3.8) is 0 Å². The summed E-state index contributed by atoms with van der Waals surface area (Å²) >= 11 is 0. The molecule has 0 radical (unpaired) electrons. The number of anilines is 1. The Kier molecular flexibility index (Phi) is 4.29. The van der Waals surface area contributed by atoms with Gasteiger partial charge in [-0.05, 0) is 36.4 Å². The highest BCUT2D eigenvalue weighted by molar-refractivity contribution is 6.24. The molecule has 4 atom stereocenters. The normalized spacial score (nSPS) is 26.4. The molecule has 2 amide bonds. The van der Waals surface area contributed by atoms with Crippen LogP contribution in [0.25, 0.3) is 0 Å². The van der Waals surface area contributed by atoms with Crippen LogP contribution in [0.15, 0.2) is 78.5 Å². The van der Waals surface area contributed by atoms with Crippen LogP contribution in [0, 0.1) is 29.0 Å². The number of Topliss-reactive ketones (excluding diaryl/α,β-unsaturated/α-hetero) is 1. The molecular weight excluding hydrogens is 397 g/mol. The van der Waals surface area contributed by atoms with Gasteiger partial charge in [-0.3, -0.25) is 14.4 Å². The third-order valence-electron chi connectivity index (χ3n) is 6.09. The van der Waals surface area contributed by atoms with Gasteiger partial charge in [0, 0.05) is 11.8 Å². The number of hydrogen-bond donors (Lipinski definition) is 0. The maximum Gasteiger partial charge on any atom is 0.240 e. The van der Waals surface area contributed by atoms with Gasteiger partial charge in [0.15, 0.2) is 5.78 Å². The van der Waals surface area contributed by atoms with Gasteiger partial charge in [0.05, 0.1) is 35.2 Å². The molecule has 7 heteroatoms. The van der Waals surface area contributed by atoms with Crippen molar-refractivity contribution in [3.05, 3.63) is 89.9 Å². The molecule has 0 aliphatic carbocycles. The number of benzene rings is 2. The highest BCUT2D eigenvalue weighted by Crippen LogP contribution is 2.47. The molecule has 5 rings (SSSR count). The van der Waals surface area contributed by atoms with E-state index < -0.39 is 41.6 Å². The first kappa shape index (κ1) is 18.9. The van der Waals surface area contributed by atoms with E-state index in [1.165, 1.54) is 24.3 Å². The van der Waals surface area contributed by atoms with E-state index in [1.54, 1.807) is 53.6 Å². The van der Waals surface area contributed by atoms with E-state index in [1.807, 2.05) is 0 Å². The van der Waals surface area contributed by atoms with Crippen LogP contribution in [0.4, 0.5) is 10.1 Å². The standard InChI is InChI=1S/C24H16FN3O3/c25-16-6-8-17(9-7-16)28-23(30)19-18-12-14(13-26)10-11-27(18)21(20(19)24(28)31)22(29)15-4-2-1-3-5-15/h1-12,18-21H. The van der Waals surface area contributed by atoms with E-state index >= 15 is 0 Å². The zero-order valence-electron chi connectivity index (χ0n) is 16.2. The Labute approximate surface area is 177 Å². The summed E-state index contributed by atoms with van der Waals surface area (Å²) in [5, 5.41) is 9.33. The molecule has 2 saturated heterocycles. The molecule has 3 aliphatic heterocycles. The molecule has 2 fully saturated rings. The SMILES string of the molecule is N#CC1=CC2C3C(=O)N(c4ccc(F)cc4)C(=O)C3C(C(=O)c3ccccc3)N2C=C1. The van der Waals surface area contributed by atoms with Crippen LogP contribution >= 0.6 is 0 Å². The summed E-state index contributed by atoms with van der Waals surface area (Å²) < 4.78 is 13.4. The molecule has 2 aromatic rings. The van der Waals surface area contributed by atoms with Gasteiger partial charge in [-0.25, -0.2) is 9.29 Å². The topological polar surface area (TPSA) is 81.5 Å². The van der Waals surface area contributed by atoms with Crippen molar-refractivity contribution < 1.29 is 18.8 Å². The number of halogens is 1. The van der Waals surface area contributed by atoms with Crippen LogP contribution in [-0.4, -0.2) is 34.6 Å². The second-order valence-corrected chi connectivity index (χ2v) is 7.70. The van der Waals surface area contributed by atoms with Crippen LogP contribution in [0.2, 0.25) is 0 Å². The molecule has 0 bridgehead atoms. The molecule has 6 nitrogen and oxygen atoms in total. The number of imide groups is 1. The third-order valence-corrected chi connectivity index (χ3v) is 6.09. The summed E-state index contributed by atoms with van der Waals surface area (Å²) in [5.74, 6) is -3.42. The second-order valence-electron chi connectivity index (χ2n) is 7.70. The minimum absolute atomic E-state index is 0.263. The molecule has 31 heavy (non-hydrogen) atoms. The Morgan fingerprint density at radius 3 is 2.32 bits per heavy atom. The Hall–Kier alpha value is -4.05. The Bertz CT molecular complexity index is 1200. The van der Waals surface area contributed by atoms with E-state index in [0.717, 1.165) is 4.90 Å². The number of rotatable bonds is 3. The first-order chi connectivity index (χ1) is 15.0. The number of carbonyl (C=O) groups is 3. The Balaban J connectivity index is 1.61. The van der Waals surface area contributed by atoms with Gasteiger partial charge in [0.25, 0.3) is 0 Å². The molecule has 4 unspecified atom stereocenters. The maximum absolute atomic E-state index is 13.4. The highest BCUT2D eigenvalue weighted by atomic mass is 19.1. The number of nitriles is 1. The first-order valence-electron chi connectivity index (χ1n) is 9.81. The van der Waals surface area contributed by atoms with Crippen molar-refractivity contribution in [1.82, 2.24) is 4.90 Å². The summed E-state index contributed by atoms with van der Waals surface area (Å²) in [6, 6.07) is 14.3. The fourth-order valence-corrected chi connectivity index (χ4v) is 4.74. The van der Waals surface area contributed by atoms with Gasteiger partial charge in [-0.2, -0.15) is 5.26 Å². The molecule has 3 heterocycles. The molecule has 0 spiro atoms. The van der Waals surface area contributed by atoms with E-state index in [4.69, 9.17) is 0 Å². The number of amides is 2. The lowest BCUT2D eigenvalue weighted by Gasteiger charge is -2.32. The Morgan fingerprint density at radius 1 is 0.968 bits per heavy atom. The fourth-order valence-electron chi connectivity index (χ4n) is 4.74. The molecule has 152 valence electrons. The smallest absolute Gasteiger partial charge is 0.240 e. The minimum atomic E-state index is -0.908. The second kappa shape index (κ2) is 7.03. The molecule has 3 aliphatic rings. The van der Waals surface area contributed by atoms with E-state index in [9.17, 15) is 24.0 Å². The molecular formula is C24H16FN3O3. The van der Waals surface area contributed by atoms with Crippen LogP contribution in [0.1, 0.15) is 10.4 Å². The lowest BCUT2D eigenvalue weighted by molar-refractivity contribution is -0.123. The van der Waals surface area contributed by atoms with Gasteiger partial charge < -0.3 is 4.90 Å². The maximum atomic E-state index is 13.4. The molecule has 0 saturated carbocycles. The fraction of sp³-hybridized carbons (Fsp3) is 0.167. The highest BCUT2D eigenvalue weighted by Gasteiger charge is 2.63. The van der Waals surface area contributed by atoms with Gasteiger partial charge in [-0.1, -0.05) is 30.3 Å². The van der Waals surface area contributed by atoms with Gasteiger partial charge in [-0.15, -0.1) is 0 Å². The van der Waals surface area contributed by atoms with Crippen LogP contribution < -0.4 is 4.90 Å². The van der Waals surface area contributed by atoms with Crippen LogP contribution in [0.3, 0.4) is 0 Å². The van der Waals surface area contributed by atoms with Crippen LogP contribution in [-0.2, 0) is 9.59 Å². The summed E-state index contributed by atoms with van der Waals surface area (Å²) in [6.45, 7) is 0. The lowest BCUT2D eigenvalue weighted by atomic mass is 9.86. The Morgan fingerprint density at radius 2 is 1.65 bits per heavy atom. The number of fused-ring (bicyclic) bond motifs is 3. The van der Waals surface area contributed by atoms with Crippen molar-refractivity contribution >= 4 is 23.3 Å². The predicted octanol–water partition coefficient (Wildman–Crippen LogP) is 2.84. The average Bonchev–Trinajstić information content (AvgIpc) is 3.26. The van der Waals surface area contributed by atoms with Gasteiger partial charge in [0.1, 0.15) is 11.9 Å². The number of nitrogens with zero attached hydrogens (tertiary/aromatic N) is 3. The van der Waals surface area contributed by atoms with Crippen molar-refractivity contribution in [3.8, 4) is 6.07 Å². The number of carbonyl (C=O) groups excluding carboxylic acids is 3. The van der Waals surface area contributed by atoms with Gasteiger partial charge >= 0.3 is 0 Å². The summed E-state index contributed by atoms with van der Waals surface area (Å²) in [6.07, 6.45) is 4.83. The largest absolute Gasteiger partial charge is 0.359 e. The van der Waals surface area contributed by atoms with Gasteiger partial charge in [0.2, 0.25) is 11.8 Å². The minimum Gasteiger partial charge on any atom is -0.359 e. The van der Waals surface area contributed by atoms with Crippen LogP contribution in [0.5, 0.6) is 0 Å². The zero-order valence-corrected chi connectivity index (χ0v) is 16.2. The monoisotopic (exact) mass is 413 g/mol. The number of allylic oxidation sites excluding steroid dienone is 2. The average molecular weight is 413 g/mol. The van der Waals surface area contributed by atoms with Crippen molar-refractivity contribution in [1.29, 1.82) is 5.26 Å². The molecule has 0 aromatic heterocycles. The summed E-state index contributed by atoms with van der Waals surface area (Å²) in [5.41, 5.74) is 1.07. The van der Waals surface area contributed by atoms with Crippen molar-refractivity contribution in [2.45, 2.75) is 12.1 Å². The number of ketones is 1. The first-order valence-corrected chi connectivity index (χ1v) is 9.81. The summed E-state index contributed by atoms with van der Waals surface area (Å²) in [4.78, 5) is 43.0. The number of hydrogen-bond acceptors (Lipinski definition) is 5. The zero-order chi connectivity index (χ0) is 21.7. The van der Waals surface area contributed by atoms with E-state index in [2.05, 4.69) is 6.07 Å². The summed E-state index contributed by atoms with van der Waals surface area (Å²) in [7, 11) is 0. The van der Waals surface area contributed by atoms with Crippen molar-refractivity contribution in [2.24, 2.45) is 11.8 Å². The molecule has 2 aromatic carbocycles. The third kappa shape index (κ3) is 2.80. The van der Waals surface area contributed by atoms with E-state index in [-0.39, 0.29) is 11.5 Å².